The van der Waals surface area contributed by atoms with Crippen LogP contribution in [0.2, 0.25) is 5.02 Å². The Morgan fingerprint density at radius 2 is 2.04 bits per heavy atom. The van der Waals surface area contributed by atoms with Crippen molar-refractivity contribution >= 4 is 17.6 Å². The molecule has 1 N–H and O–H groups in total. The zero-order chi connectivity index (χ0) is 18.2. The van der Waals surface area contributed by atoms with Gasteiger partial charge in [-0.05, 0) is 30.9 Å². The standard InChI is InChI=1S/C16H12ClF3N2O3/c17-10-3-1-2-9(6-10)11-14(25-7-8-4-5-8)22-13(16(18,19)20)12(21-11)15(23)24/h1-3,6,8H,4-5,7H2,(H,23,24). The summed E-state index contributed by atoms with van der Waals surface area (Å²) in [5.74, 6) is -1.91. The van der Waals surface area contributed by atoms with Crippen LogP contribution in [0.1, 0.15) is 29.0 Å². The van der Waals surface area contributed by atoms with Gasteiger partial charge in [-0.2, -0.15) is 13.2 Å². The van der Waals surface area contributed by atoms with Gasteiger partial charge in [0.2, 0.25) is 5.88 Å². The van der Waals surface area contributed by atoms with Crippen LogP contribution in [0.25, 0.3) is 11.3 Å². The highest BCUT2D eigenvalue weighted by atomic mass is 35.5. The van der Waals surface area contributed by atoms with Gasteiger partial charge in [0.05, 0.1) is 6.61 Å². The maximum absolute atomic E-state index is 13.2. The summed E-state index contributed by atoms with van der Waals surface area (Å²) in [4.78, 5) is 18.4. The summed E-state index contributed by atoms with van der Waals surface area (Å²) >= 11 is 5.91. The van der Waals surface area contributed by atoms with Gasteiger partial charge in [0.25, 0.3) is 0 Å². The molecule has 1 fully saturated rings. The molecule has 0 aliphatic heterocycles. The number of nitrogens with zero attached hydrogens (tertiary/aromatic N) is 2. The van der Waals surface area contributed by atoms with Gasteiger partial charge in [-0.1, -0.05) is 23.7 Å². The molecule has 1 aromatic heterocycles. The number of benzene rings is 1. The molecule has 9 heteroatoms. The van der Waals surface area contributed by atoms with Crippen LogP contribution in [0.15, 0.2) is 24.3 Å². The number of hydrogen-bond acceptors (Lipinski definition) is 4. The number of aromatic carboxylic acids is 1. The van der Waals surface area contributed by atoms with E-state index in [9.17, 15) is 18.0 Å². The van der Waals surface area contributed by atoms with Gasteiger partial charge in [-0.3, -0.25) is 0 Å². The van der Waals surface area contributed by atoms with Gasteiger partial charge in [-0.25, -0.2) is 14.8 Å². The quantitative estimate of drug-likeness (QED) is 0.847. The molecule has 0 amide bonds. The van der Waals surface area contributed by atoms with Gasteiger partial charge in [-0.15, -0.1) is 0 Å². The lowest BCUT2D eigenvalue weighted by molar-refractivity contribution is -0.142. The van der Waals surface area contributed by atoms with Crippen molar-refractivity contribution in [3.63, 3.8) is 0 Å². The lowest BCUT2D eigenvalue weighted by Gasteiger charge is -2.15. The third kappa shape index (κ3) is 4.01. The smallest absolute Gasteiger partial charge is 0.435 e. The molecular weight excluding hydrogens is 361 g/mol. The lowest BCUT2D eigenvalue weighted by atomic mass is 10.1. The first-order chi connectivity index (χ1) is 11.8. The molecule has 1 aromatic carbocycles. The highest BCUT2D eigenvalue weighted by Gasteiger charge is 2.40. The van der Waals surface area contributed by atoms with Crippen LogP contribution in [-0.2, 0) is 6.18 Å². The zero-order valence-electron chi connectivity index (χ0n) is 12.7. The Morgan fingerprint density at radius 1 is 1.32 bits per heavy atom. The normalized spacial score (nSPS) is 14.4. The first kappa shape index (κ1) is 17.5. The van der Waals surface area contributed by atoms with Crippen molar-refractivity contribution in [3.8, 4) is 17.1 Å². The summed E-state index contributed by atoms with van der Waals surface area (Å²) in [5.41, 5.74) is -2.53. The molecule has 0 atom stereocenters. The number of aromatic nitrogens is 2. The first-order valence-corrected chi connectivity index (χ1v) is 7.74. The van der Waals surface area contributed by atoms with Crippen LogP contribution >= 0.6 is 11.6 Å². The largest absolute Gasteiger partial charge is 0.476 e. The second kappa shape index (κ2) is 6.51. The van der Waals surface area contributed by atoms with Crippen LogP contribution in [-0.4, -0.2) is 27.7 Å². The van der Waals surface area contributed by atoms with E-state index in [1.807, 2.05) is 0 Å². The minimum atomic E-state index is -4.97. The summed E-state index contributed by atoms with van der Waals surface area (Å²) in [7, 11) is 0. The Bertz CT molecular complexity index is 823. The maximum Gasteiger partial charge on any atom is 0.435 e. The molecule has 2 aromatic rings. The van der Waals surface area contributed by atoms with Crippen molar-refractivity contribution < 1.29 is 27.8 Å². The van der Waals surface area contributed by atoms with Crippen molar-refractivity contribution in [2.75, 3.05) is 6.61 Å². The predicted molar refractivity (Wildman–Crippen MR) is 82.7 cm³/mol. The molecule has 1 saturated carbocycles. The molecule has 3 rings (SSSR count). The Labute approximate surface area is 145 Å². The second-order valence-electron chi connectivity index (χ2n) is 5.64. The van der Waals surface area contributed by atoms with Crippen LogP contribution in [0.5, 0.6) is 5.88 Å². The highest BCUT2D eigenvalue weighted by Crippen LogP contribution is 2.37. The minimum absolute atomic E-state index is 0.0893. The van der Waals surface area contributed by atoms with Crippen molar-refractivity contribution in [1.82, 2.24) is 9.97 Å². The summed E-state index contributed by atoms with van der Waals surface area (Å²) in [6.45, 7) is 0.200. The molecule has 1 heterocycles. The number of carboxylic acids is 1. The molecule has 25 heavy (non-hydrogen) atoms. The molecule has 0 saturated heterocycles. The molecule has 5 nitrogen and oxygen atoms in total. The Morgan fingerprint density at radius 3 is 2.60 bits per heavy atom. The van der Waals surface area contributed by atoms with E-state index >= 15 is 0 Å². The van der Waals surface area contributed by atoms with Crippen LogP contribution in [0.3, 0.4) is 0 Å². The molecule has 0 bridgehead atoms. The number of alkyl halides is 3. The van der Waals surface area contributed by atoms with E-state index in [2.05, 4.69) is 9.97 Å². The molecule has 0 unspecified atom stereocenters. The van der Waals surface area contributed by atoms with E-state index in [-0.39, 0.29) is 24.1 Å². The van der Waals surface area contributed by atoms with Crippen molar-refractivity contribution in [3.05, 3.63) is 40.7 Å². The topological polar surface area (TPSA) is 72.3 Å². The fraction of sp³-hybridized carbons (Fsp3) is 0.312. The van der Waals surface area contributed by atoms with E-state index in [4.69, 9.17) is 21.4 Å². The number of halogens is 4. The monoisotopic (exact) mass is 372 g/mol. The number of rotatable bonds is 5. The SMILES string of the molecule is O=C(O)c1nc(-c2cccc(Cl)c2)c(OCC2CC2)nc1C(F)(F)F. The van der Waals surface area contributed by atoms with Gasteiger partial charge in [0.1, 0.15) is 5.69 Å². The number of ether oxygens (including phenoxy) is 1. The number of carboxylic acid groups (broad SMARTS) is 1. The molecule has 0 radical (unpaired) electrons. The van der Waals surface area contributed by atoms with Crippen LogP contribution in [0.4, 0.5) is 13.2 Å². The fourth-order valence-electron chi connectivity index (χ4n) is 2.17. The Kier molecular flexibility index (Phi) is 4.55. The zero-order valence-corrected chi connectivity index (χ0v) is 13.4. The van der Waals surface area contributed by atoms with Gasteiger partial charge in [0, 0.05) is 10.6 Å². The predicted octanol–water partition coefficient (Wildman–Crippen LogP) is 4.30. The first-order valence-electron chi connectivity index (χ1n) is 7.37. The molecule has 1 aliphatic rings. The average Bonchev–Trinajstić information content (AvgIpc) is 3.35. The van der Waals surface area contributed by atoms with Gasteiger partial charge in [0.15, 0.2) is 11.4 Å². The summed E-state index contributed by atoms with van der Waals surface area (Å²) in [5, 5.41) is 9.43. The third-order valence-corrected chi connectivity index (χ3v) is 3.82. The Balaban J connectivity index is 2.15. The number of hydrogen-bond donors (Lipinski definition) is 1. The minimum Gasteiger partial charge on any atom is -0.476 e. The van der Waals surface area contributed by atoms with Gasteiger partial charge >= 0.3 is 12.1 Å². The maximum atomic E-state index is 13.2. The Hall–Kier alpha value is -2.35. The van der Waals surface area contributed by atoms with E-state index in [0.29, 0.717) is 10.6 Å². The highest BCUT2D eigenvalue weighted by molar-refractivity contribution is 6.30. The van der Waals surface area contributed by atoms with Crippen LogP contribution < -0.4 is 4.74 Å². The number of carbonyl (C=O) groups is 1. The molecule has 132 valence electrons. The fourth-order valence-corrected chi connectivity index (χ4v) is 2.36. The summed E-state index contributed by atoms with van der Waals surface area (Å²) < 4.78 is 44.9. The van der Waals surface area contributed by atoms with Gasteiger partial charge < -0.3 is 9.84 Å². The second-order valence-corrected chi connectivity index (χ2v) is 6.08. The van der Waals surface area contributed by atoms with Crippen molar-refractivity contribution in [1.29, 1.82) is 0 Å². The van der Waals surface area contributed by atoms with E-state index in [0.717, 1.165) is 12.8 Å². The third-order valence-electron chi connectivity index (χ3n) is 3.59. The van der Waals surface area contributed by atoms with Crippen molar-refractivity contribution in [2.45, 2.75) is 19.0 Å². The molecule has 1 aliphatic carbocycles. The van der Waals surface area contributed by atoms with E-state index < -0.39 is 23.5 Å². The molecular formula is C16H12ClF3N2O3. The van der Waals surface area contributed by atoms with Crippen molar-refractivity contribution in [2.24, 2.45) is 5.92 Å². The lowest BCUT2D eigenvalue weighted by Crippen LogP contribution is -2.19. The molecule has 0 spiro atoms. The average molecular weight is 373 g/mol. The van der Waals surface area contributed by atoms with E-state index in [1.54, 1.807) is 18.2 Å². The summed E-state index contributed by atoms with van der Waals surface area (Å²) in [6, 6.07) is 6.14. The van der Waals surface area contributed by atoms with Crippen LogP contribution in [0, 0.1) is 5.92 Å². The summed E-state index contributed by atoms with van der Waals surface area (Å²) in [6.07, 6.45) is -3.11. The van der Waals surface area contributed by atoms with E-state index in [1.165, 1.54) is 6.07 Å².